The average molecular weight is 343 g/mol. The minimum atomic E-state index is -0.359. The molecule has 0 aliphatic carbocycles. The molecule has 1 atom stereocenters. The second-order valence-corrected chi connectivity index (χ2v) is 6.44. The van der Waals surface area contributed by atoms with Crippen molar-refractivity contribution in [3.63, 3.8) is 0 Å². The van der Waals surface area contributed by atoms with Gasteiger partial charge < -0.3 is 10.3 Å². The Morgan fingerprint density at radius 3 is 2.71 bits per heavy atom. The minimum Gasteiger partial charge on any atom is -0.342 e. The molecule has 0 aliphatic rings. The Bertz CT molecular complexity index is 799. The van der Waals surface area contributed by atoms with Crippen molar-refractivity contribution in [3.8, 4) is 0 Å². The molecule has 0 saturated heterocycles. The van der Waals surface area contributed by atoms with Crippen LogP contribution >= 0.6 is 11.8 Å². The van der Waals surface area contributed by atoms with E-state index in [2.05, 4.69) is 15.3 Å². The number of hydrogen-bond acceptors (Lipinski definition) is 3. The second-order valence-electron chi connectivity index (χ2n) is 5.45. The lowest BCUT2D eigenvalue weighted by Gasteiger charge is -2.16. The lowest BCUT2D eigenvalue weighted by molar-refractivity contribution is 0.0934. The predicted octanol–water partition coefficient (Wildman–Crippen LogP) is 3.93. The summed E-state index contributed by atoms with van der Waals surface area (Å²) in [5.41, 5.74) is 2.25. The molecule has 24 heavy (non-hydrogen) atoms. The van der Waals surface area contributed by atoms with Gasteiger partial charge in [-0.2, -0.15) is 11.8 Å². The van der Waals surface area contributed by atoms with Gasteiger partial charge in [-0.15, -0.1) is 0 Å². The maximum Gasteiger partial charge on any atom is 0.251 e. The molecule has 0 spiro atoms. The van der Waals surface area contributed by atoms with Crippen molar-refractivity contribution >= 4 is 28.7 Å². The third-order valence-electron chi connectivity index (χ3n) is 3.76. The summed E-state index contributed by atoms with van der Waals surface area (Å²) in [7, 11) is 0. The van der Waals surface area contributed by atoms with Gasteiger partial charge in [0, 0.05) is 5.56 Å². The van der Waals surface area contributed by atoms with E-state index in [-0.39, 0.29) is 17.8 Å². The maximum absolute atomic E-state index is 13.0. The predicted molar refractivity (Wildman–Crippen MR) is 95.7 cm³/mol. The standard InChI is InChI=1S/C18H18FN3OS/c1-24-11-10-16(17-20-14-4-2-3-5-15(14)21-17)22-18(23)12-6-8-13(19)9-7-12/h2-9,16H,10-11H2,1H3,(H,20,21)(H,22,23). The van der Waals surface area contributed by atoms with Crippen LogP contribution in [0.5, 0.6) is 0 Å². The Labute approximate surface area is 143 Å². The molecule has 2 aromatic carbocycles. The first-order valence-corrected chi connectivity index (χ1v) is 9.07. The summed E-state index contributed by atoms with van der Waals surface area (Å²) in [4.78, 5) is 20.3. The van der Waals surface area contributed by atoms with Crippen molar-refractivity contribution in [2.75, 3.05) is 12.0 Å². The fraction of sp³-hybridized carbons (Fsp3) is 0.222. The van der Waals surface area contributed by atoms with E-state index < -0.39 is 0 Å². The molecule has 4 nitrogen and oxygen atoms in total. The highest BCUT2D eigenvalue weighted by molar-refractivity contribution is 7.98. The van der Waals surface area contributed by atoms with Crippen LogP contribution in [0.2, 0.25) is 0 Å². The molecular weight excluding hydrogens is 325 g/mol. The Balaban J connectivity index is 1.83. The first-order chi connectivity index (χ1) is 11.7. The normalized spacial score (nSPS) is 12.2. The Kier molecular flexibility index (Phi) is 5.15. The molecule has 124 valence electrons. The van der Waals surface area contributed by atoms with Crippen LogP contribution in [0.3, 0.4) is 0 Å². The molecule has 6 heteroatoms. The van der Waals surface area contributed by atoms with Gasteiger partial charge in [-0.3, -0.25) is 4.79 Å². The number of fused-ring (bicyclic) bond motifs is 1. The zero-order chi connectivity index (χ0) is 16.9. The third kappa shape index (κ3) is 3.76. The Hall–Kier alpha value is -2.34. The van der Waals surface area contributed by atoms with Gasteiger partial charge in [-0.1, -0.05) is 12.1 Å². The van der Waals surface area contributed by atoms with Crippen LogP contribution in [0.1, 0.15) is 28.6 Å². The zero-order valence-electron chi connectivity index (χ0n) is 13.3. The number of carbonyl (C=O) groups excluding carboxylic acids is 1. The summed E-state index contributed by atoms with van der Waals surface area (Å²) >= 11 is 1.71. The molecule has 1 amide bonds. The SMILES string of the molecule is CSCCC(NC(=O)c1ccc(F)cc1)c1nc2ccccc2[nH]1. The van der Waals surface area contributed by atoms with E-state index in [4.69, 9.17) is 0 Å². The Morgan fingerprint density at radius 1 is 1.25 bits per heavy atom. The topological polar surface area (TPSA) is 57.8 Å². The van der Waals surface area contributed by atoms with E-state index in [0.29, 0.717) is 5.56 Å². The molecule has 0 fully saturated rings. The number of nitrogens with zero attached hydrogens (tertiary/aromatic N) is 1. The number of benzene rings is 2. The molecule has 2 N–H and O–H groups in total. The van der Waals surface area contributed by atoms with E-state index in [1.165, 1.54) is 24.3 Å². The van der Waals surface area contributed by atoms with Gasteiger partial charge in [0.25, 0.3) is 5.91 Å². The number of carbonyl (C=O) groups is 1. The number of para-hydroxylation sites is 2. The van der Waals surface area contributed by atoms with Crippen LogP contribution in [-0.4, -0.2) is 27.9 Å². The van der Waals surface area contributed by atoms with E-state index in [1.807, 2.05) is 30.5 Å². The highest BCUT2D eigenvalue weighted by atomic mass is 32.2. The molecule has 3 aromatic rings. The van der Waals surface area contributed by atoms with Crippen molar-refractivity contribution in [1.29, 1.82) is 0 Å². The maximum atomic E-state index is 13.0. The number of halogens is 1. The third-order valence-corrected chi connectivity index (χ3v) is 4.40. The van der Waals surface area contributed by atoms with Crippen LogP contribution in [0.15, 0.2) is 48.5 Å². The zero-order valence-corrected chi connectivity index (χ0v) is 14.1. The summed E-state index contributed by atoms with van der Waals surface area (Å²) < 4.78 is 13.0. The largest absolute Gasteiger partial charge is 0.342 e. The van der Waals surface area contributed by atoms with E-state index in [9.17, 15) is 9.18 Å². The summed E-state index contributed by atoms with van der Waals surface area (Å²) in [5, 5.41) is 3.00. The second kappa shape index (κ2) is 7.49. The number of H-pyrrole nitrogens is 1. The van der Waals surface area contributed by atoms with Crippen molar-refractivity contribution < 1.29 is 9.18 Å². The fourth-order valence-corrected chi connectivity index (χ4v) is 2.96. The fourth-order valence-electron chi connectivity index (χ4n) is 2.49. The van der Waals surface area contributed by atoms with E-state index in [1.54, 1.807) is 11.8 Å². The van der Waals surface area contributed by atoms with Crippen molar-refractivity contribution in [2.24, 2.45) is 0 Å². The highest BCUT2D eigenvalue weighted by Crippen LogP contribution is 2.20. The van der Waals surface area contributed by atoms with Gasteiger partial charge in [-0.25, -0.2) is 9.37 Å². The molecule has 1 aromatic heterocycles. The van der Waals surface area contributed by atoms with Gasteiger partial charge in [0.2, 0.25) is 0 Å². The lowest BCUT2D eigenvalue weighted by atomic mass is 10.1. The molecule has 3 rings (SSSR count). The molecule has 0 radical (unpaired) electrons. The summed E-state index contributed by atoms with van der Waals surface area (Å²) in [5.74, 6) is 1.04. The van der Waals surface area contributed by atoms with E-state index in [0.717, 1.165) is 29.0 Å². The summed E-state index contributed by atoms with van der Waals surface area (Å²) in [6, 6.07) is 13.1. The number of thioether (sulfide) groups is 1. The van der Waals surface area contributed by atoms with Crippen molar-refractivity contribution in [2.45, 2.75) is 12.5 Å². The smallest absolute Gasteiger partial charge is 0.251 e. The average Bonchev–Trinajstić information content (AvgIpc) is 3.03. The number of nitrogens with one attached hydrogen (secondary N) is 2. The molecule has 0 aliphatic heterocycles. The van der Waals surface area contributed by atoms with Gasteiger partial charge >= 0.3 is 0 Å². The van der Waals surface area contributed by atoms with Crippen LogP contribution in [0.4, 0.5) is 4.39 Å². The molecule has 1 heterocycles. The van der Waals surface area contributed by atoms with Crippen LogP contribution < -0.4 is 5.32 Å². The van der Waals surface area contributed by atoms with Crippen molar-refractivity contribution in [3.05, 3.63) is 65.7 Å². The van der Waals surface area contributed by atoms with Crippen LogP contribution in [0.25, 0.3) is 11.0 Å². The minimum absolute atomic E-state index is 0.220. The summed E-state index contributed by atoms with van der Waals surface area (Å²) in [6.45, 7) is 0. The number of rotatable bonds is 6. The van der Waals surface area contributed by atoms with Crippen molar-refractivity contribution in [1.82, 2.24) is 15.3 Å². The number of imidazole rings is 1. The van der Waals surface area contributed by atoms with Crippen LogP contribution in [-0.2, 0) is 0 Å². The van der Waals surface area contributed by atoms with Gasteiger partial charge in [-0.05, 0) is 54.8 Å². The van der Waals surface area contributed by atoms with Gasteiger partial charge in [0.15, 0.2) is 0 Å². The molecular formula is C18H18FN3OS. The molecule has 0 saturated carbocycles. The van der Waals surface area contributed by atoms with E-state index >= 15 is 0 Å². The number of hydrogen-bond donors (Lipinski definition) is 2. The Morgan fingerprint density at radius 2 is 2.00 bits per heavy atom. The first-order valence-electron chi connectivity index (χ1n) is 7.67. The summed E-state index contributed by atoms with van der Waals surface area (Å²) in [6.07, 6.45) is 2.78. The monoisotopic (exact) mass is 343 g/mol. The number of amides is 1. The van der Waals surface area contributed by atoms with Gasteiger partial charge in [0.05, 0.1) is 17.1 Å². The lowest BCUT2D eigenvalue weighted by Crippen LogP contribution is -2.29. The van der Waals surface area contributed by atoms with Crippen LogP contribution in [0, 0.1) is 5.82 Å². The highest BCUT2D eigenvalue weighted by Gasteiger charge is 2.19. The molecule has 1 unspecified atom stereocenters. The van der Waals surface area contributed by atoms with Gasteiger partial charge in [0.1, 0.15) is 11.6 Å². The number of aromatic nitrogens is 2. The number of aromatic amines is 1. The molecule has 0 bridgehead atoms. The first kappa shape index (κ1) is 16.5. The quantitative estimate of drug-likeness (QED) is 0.713.